The van der Waals surface area contributed by atoms with Crippen molar-refractivity contribution in [2.75, 3.05) is 36.4 Å². The van der Waals surface area contributed by atoms with Gasteiger partial charge in [0.25, 0.3) is 0 Å². The summed E-state index contributed by atoms with van der Waals surface area (Å²) in [6.45, 7) is 4.97. The molecule has 1 aliphatic rings. The van der Waals surface area contributed by atoms with Gasteiger partial charge in [-0.05, 0) is 50.4 Å². The van der Waals surface area contributed by atoms with E-state index < -0.39 is 0 Å². The van der Waals surface area contributed by atoms with Crippen molar-refractivity contribution in [3.05, 3.63) is 48.2 Å². The third-order valence-electron chi connectivity index (χ3n) is 6.38. The number of piperidine rings is 1. The highest BCUT2D eigenvalue weighted by atomic mass is 19.1. The van der Waals surface area contributed by atoms with Crippen molar-refractivity contribution in [3.8, 4) is 17.2 Å². The Bertz CT molecular complexity index is 1370. The van der Waals surface area contributed by atoms with Crippen LogP contribution in [0.2, 0.25) is 0 Å². The quantitative estimate of drug-likeness (QED) is 0.422. The van der Waals surface area contributed by atoms with Crippen LogP contribution in [0.15, 0.2) is 36.8 Å². The van der Waals surface area contributed by atoms with Gasteiger partial charge in [-0.15, -0.1) is 0 Å². The molecule has 7 nitrogen and oxygen atoms in total. The Hall–Kier alpha value is -3.70. The Labute approximate surface area is 191 Å². The van der Waals surface area contributed by atoms with Gasteiger partial charge in [0.15, 0.2) is 0 Å². The van der Waals surface area contributed by atoms with Crippen LogP contribution >= 0.6 is 0 Å². The van der Waals surface area contributed by atoms with Crippen LogP contribution in [0.5, 0.6) is 0 Å². The summed E-state index contributed by atoms with van der Waals surface area (Å²) < 4.78 is 14.7. The maximum absolute atomic E-state index is 14.7. The number of nitrogens with zero attached hydrogens (tertiary/aromatic N) is 4. The largest absolute Gasteiger partial charge is 0.384 e. The normalized spacial score (nSPS) is 16.3. The number of anilines is 2. The molecule has 33 heavy (non-hydrogen) atoms. The average Bonchev–Trinajstić information content (AvgIpc) is 3.22. The second-order valence-electron chi connectivity index (χ2n) is 8.54. The lowest BCUT2D eigenvalue weighted by atomic mass is 9.95. The Kier molecular flexibility index (Phi) is 5.56. The molecule has 3 aromatic heterocycles. The first-order valence-electron chi connectivity index (χ1n) is 11.3. The summed E-state index contributed by atoms with van der Waals surface area (Å²) in [5.74, 6) is 0.0833. The van der Waals surface area contributed by atoms with E-state index in [0.29, 0.717) is 35.9 Å². The third-order valence-corrected chi connectivity index (χ3v) is 6.38. The fourth-order valence-electron chi connectivity index (χ4n) is 4.89. The van der Waals surface area contributed by atoms with Crippen LogP contribution in [0.25, 0.3) is 33.1 Å². The molecule has 8 heteroatoms. The molecule has 0 spiro atoms. The van der Waals surface area contributed by atoms with E-state index in [1.807, 2.05) is 19.2 Å². The van der Waals surface area contributed by atoms with Crippen molar-refractivity contribution in [2.24, 2.45) is 11.7 Å². The Morgan fingerprint density at radius 1 is 1.30 bits per heavy atom. The molecule has 1 unspecified atom stereocenters. The number of halogens is 1. The van der Waals surface area contributed by atoms with Crippen LogP contribution in [0.3, 0.4) is 0 Å². The number of benzene rings is 1. The Morgan fingerprint density at radius 2 is 2.18 bits per heavy atom. The molecule has 1 fully saturated rings. The molecular weight excluding hydrogens is 417 g/mol. The second kappa shape index (κ2) is 8.68. The zero-order chi connectivity index (χ0) is 22.9. The molecule has 0 saturated carbocycles. The number of fused-ring (bicyclic) bond motifs is 3. The van der Waals surface area contributed by atoms with E-state index >= 15 is 0 Å². The highest BCUT2D eigenvalue weighted by Crippen LogP contribution is 2.43. The Balaban J connectivity index is 1.83. The minimum atomic E-state index is -0.303. The van der Waals surface area contributed by atoms with Crippen molar-refractivity contribution in [1.82, 2.24) is 15.0 Å². The minimum absolute atomic E-state index is 0.303. The smallest absolute Gasteiger partial charge is 0.140 e. The zero-order valence-corrected chi connectivity index (χ0v) is 18.5. The van der Waals surface area contributed by atoms with Gasteiger partial charge in [-0.1, -0.05) is 0 Å². The van der Waals surface area contributed by atoms with Crippen LogP contribution < -0.4 is 16.0 Å². The van der Waals surface area contributed by atoms with Crippen molar-refractivity contribution < 1.29 is 4.39 Å². The molecule has 0 aliphatic carbocycles. The van der Waals surface area contributed by atoms with E-state index in [9.17, 15) is 9.65 Å². The molecule has 4 aromatic rings. The van der Waals surface area contributed by atoms with E-state index in [1.54, 1.807) is 18.5 Å². The first kappa shape index (κ1) is 21.2. The standard InChI is InChI=1S/C25H26FN7/c1-2-30-21-8-18(26)7-19-22-24(33-5-3-4-15(9-27)14-33)20(13-31-25(22)32-23(19)21)17-6-16(10-28)11-29-12-17/h6-8,11-13,15,30H,2-5,9,14,27H2,1H3,(H,31,32). The number of nitrogens with one attached hydrogen (secondary N) is 2. The SMILES string of the molecule is CCNc1cc(F)cc2c1[nH]c1ncc(-c3cncc(C#N)c3)c(N3CCCC(CN)C3)c12. The average molecular weight is 444 g/mol. The molecule has 0 radical (unpaired) electrons. The maximum atomic E-state index is 14.7. The topological polar surface area (TPSA) is 107 Å². The van der Waals surface area contributed by atoms with Crippen LogP contribution in [0.1, 0.15) is 25.3 Å². The number of pyridine rings is 2. The molecule has 1 aromatic carbocycles. The van der Waals surface area contributed by atoms with Gasteiger partial charge < -0.3 is 20.9 Å². The van der Waals surface area contributed by atoms with Crippen LogP contribution in [0.4, 0.5) is 15.8 Å². The number of hydrogen-bond acceptors (Lipinski definition) is 6. The van der Waals surface area contributed by atoms with Gasteiger partial charge >= 0.3 is 0 Å². The molecule has 4 heterocycles. The van der Waals surface area contributed by atoms with Crippen LogP contribution in [0, 0.1) is 23.1 Å². The van der Waals surface area contributed by atoms with Crippen molar-refractivity contribution >= 4 is 33.3 Å². The predicted octanol–water partition coefficient (Wildman–Crippen LogP) is 4.40. The number of aromatic amines is 1. The van der Waals surface area contributed by atoms with Crippen molar-refractivity contribution in [2.45, 2.75) is 19.8 Å². The van der Waals surface area contributed by atoms with E-state index in [1.165, 1.54) is 6.07 Å². The summed E-state index contributed by atoms with van der Waals surface area (Å²) in [6.07, 6.45) is 7.23. The highest BCUT2D eigenvalue weighted by Gasteiger charge is 2.26. The summed E-state index contributed by atoms with van der Waals surface area (Å²) in [6, 6.07) is 7.06. The zero-order valence-electron chi connectivity index (χ0n) is 18.5. The summed E-state index contributed by atoms with van der Waals surface area (Å²) in [5, 5.41) is 14.3. The molecule has 0 bridgehead atoms. The number of nitrogens with two attached hydrogens (primary N) is 1. The van der Waals surface area contributed by atoms with Gasteiger partial charge in [-0.25, -0.2) is 9.37 Å². The summed E-state index contributed by atoms with van der Waals surface area (Å²) in [7, 11) is 0. The number of aromatic nitrogens is 3. The molecule has 0 amide bonds. The molecule has 5 rings (SSSR count). The molecule has 4 N–H and O–H groups in total. The van der Waals surface area contributed by atoms with Gasteiger partial charge in [0.2, 0.25) is 0 Å². The van der Waals surface area contributed by atoms with Crippen LogP contribution in [-0.2, 0) is 0 Å². The van der Waals surface area contributed by atoms with E-state index in [4.69, 9.17) is 10.7 Å². The maximum Gasteiger partial charge on any atom is 0.140 e. The lowest BCUT2D eigenvalue weighted by Gasteiger charge is -2.35. The monoisotopic (exact) mass is 443 g/mol. The summed E-state index contributed by atoms with van der Waals surface area (Å²) in [4.78, 5) is 14.7. The van der Waals surface area contributed by atoms with Gasteiger partial charge in [-0.2, -0.15) is 5.26 Å². The summed E-state index contributed by atoms with van der Waals surface area (Å²) in [5.41, 5.74) is 11.4. The van der Waals surface area contributed by atoms with Gasteiger partial charge in [-0.3, -0.25) is 4.98 Å². The summed E-state index contributed by atoms with van der Waals surface area (Å²) >= 11 is 0. The molecule has 1 atom stereocenters. The molecular formula is C25H26FN7. The number of nitriles is 1. The predicted molar refractivity (Wildman–Crippen MR) is 130 cm³/mol. The van der Waals surface area contributed by atoms with Gasteiger partial charge in [0, 0.05) is 54.7 Å². The van der Waals surface area contributed by atoms with Gasteiger partial charge in [0.05, 0.1) is 27.8 Å². The minimum Gasteiger partial charge on any atom is -0.384 e. The molecule has 1 saturated heterocycles. The first-order chi connectivity index (χ1) is 16.1. The second-order valence-corrected chi connectivity index (χ2v) is 8.54. The lowest BCUT2D eigenvalue weighted by Crippen LogP contribution is -2.38. The van der Waals surface area contributed by atoms with Crippen molar-refractivity contribution in [1.29, 1.82) is 5.26 Å². The number of H-pyrrole nitrogens is 1. The number of hydrogen-bond donors (Lipinski definition) is 3. The fourth-order valence-corrected chi connectivity index (χ4v) is 4.89. The van der Waals surface area contributed by atoms with E-state index in [-0.39, 0.29) is 5.82 Å². The Morgan fingerprint density at radius 3 is 2.97 bits per heavy atom. The van der Waals surface area contributed by atoms with E-state index in [2.05, 4.69) is 26.3 Å². The fraction of sp³-hybridized carbons (Fsp3) is 0.320. The lowest BCUT2D eigenvalue weighted by molar-refractivity contribution is 0.424. The molecule has 1 aliphatic heterocycles. The van der Waals surface area contributed by atoms with Gasteiger partial charge in [0.1, 0.15) is 17.5 Å². The first-order valence-corrected chi connectivity index (χ1v) is 11.3. The van der Waals surface area contributed by atoms with E-state index in [0.717, 1.165) is 59.0 Å². The number of rotatable bonds is 5. The third kappa shape index (κ3) is 3.74. The van der Waals surface area contributed by atoms with Crippen molar-refractivity contribution in [3.63, 3.8) is 0 Å². The molecule has 168 valence electrons. The van der Waals surface area contributed by atoms with Crippen LogP contribution in [-0.4, -0.2) is 41.1 Å². The highest BCUT2D eigenvalue weighted by molar-refractivity contribution is 6.17.